The molecule has 0 saturated heterocycles. The van der Waals surface area contributed by atoms with E-state index in [0.717, 1.165) is 10.0 Å². The monoisotopic (exact) mass is 346 g/mol. The minimum Gasteiger partial charge on any atom is -0.495 e. The topological polar surface area (TPSA) is 64.3 Å². The summed E-state index contributed by atoms with van der Waals surface area (Å²) in [6.07, 6.45) is 3.20. The summed E-state index contributed by atoms with van der Waals surface area (Å²) < 4.78 is 6.01. The van der Waals surface area contributed by atoms with Crippen molar-refractivity contribution in [2.45, 2.75) is 0 Å². The largest absolute Gasteiger partial charge is 0.495 e. The molecule has 0 aliphatic carbocycles. The lowest BCUT2D eigenvalue weighted by molar-refractivity contribution is -0.111. The Morgan fingerprint density at radius 1 is 1.24 bits per heavy atom. The average molecular weight is 347 g/mol. The van der Waals surface area contributed by atoms with E-state index in [2.05, 4.69) is 21.2 Å². The summed E-state index contributed by atoms with van der Waals surface area (Å²) >= 11 is 3.36. The summed E-state index contributed by atoms with van der Waals surface area (Å²) in [4.78, 5) is 11.9. The van der Waals surface area contributed by atoms with E-state index >= 15 is 0 Å². The second kappa shape index (κ2) is 6.95. The van der Waals surface area contributed by atoms with E-state index in [0.29, 0.717) is 17.1 Å². The zero-order valence-electron chi connectivity index (χ0n) is 11.5. The number of rotatable bonds is 4. The minimum absolute atomic E-state index is 0.212. The number of amides is 1. The zero-order chi connectivity index (χ0) is 15.2. The van der Waals surface area contributed by atoms with Crippen molar-refractivity contribution in [3.05, 3.63) is 58.6 Å². The molecule has 0 aliphatic heterocycles. The Hall–Kier alpha value is -2.27. The first-order valence-electron chi connectivity index (χ1n) is 6.26. The van der Waals surface area contributed by atoms with Crippen LogP contribution in [0, 0.1) is 0 Å². The molecule has 0 heterocycles. The number of benzene rings is 2. The molecule has 0 radical (unpaired) electrons. The van der Waals surface area contributed by atoms with E-state index in [-0.39, 0.29) is 5.91 Å². The van der Waals surface area contributed by atoms with Gasteiger partial charge in [0.05, 0.1) is 11.6 Å². The smallest absolute Gasteiger partial charge is 0.248 e. The Morgan fingerprint density at radius 2 is 1.95 bits per heavy atom. The number of nitrogen functional groups attached to an aromatic ring is 1. The van der Waals surface area contributed by atoms with E-state index in [4.69, 9.17) is 10.5 Å². The van der Waals surface area contributed by atoms with Gasteiger partial charge in [0.1, 0.15) is 5.75 Å². The third-order valence-corrected chi connectivity index (χ3v) is 3.44. The standard InChI is InChI=1S/C16H15BrN2O2/c1-21-15-10-13(7-8-14(15)17)19-16(20)9-4-11-2-5-12(18)6-3-11/h2-10H,18H2,1H3,(H,19,20)/b9-4+. The lowest BCUT2D eigenvalue weighted by Gasteiger charge is -2.07. The van der Waals surface area contributed by atoms with Crippen molar-refractivity contribution in [1.82, 2.24) is 0 Å². The summed E-state index contributed by atoms with van der Waals surface area (Å²) in [5.74, 6) is 0.450. The molecule has 4 nitrogen and oxygen atoms in total. The van der Waals surface area contributed by atoms with E-state index in [1.54, 1.807) is 37.5 Å². The van der Waals surface area contributed by atoms with E-state index in [1.807, 2.05) is 18.2 Å². The highest BCUT2D eigenvalue weighted by Gasteiger charge is 2.03. The summed E-state index contributed by atoms with van der Waals surface area (Å²) in [5, 5.41) is 2.77. The van der Waals surface area contributed by atoms with Crippen LogP contribution in [-0.4, -0.2) is 13.0 Å². The Bertz CT molecular complexity index is 666. The third kappa shape index (κ3) is 4.36. The van der Waals surface area contributed by atoms with Gasteiger partial charge in [-0.05, 0) is 51.8 Å². The number of anilines is 2. The minimum atomic E-state index is -0.212. The van der Waals surface area contributed by atoms with Gasteiger partial charge in [0, 0.05) is 23.5 Å². The molecule has 2 aromatic rings. The first-order valence-corrected chi connectivity index (χ1v) is 7.06. The fourth-order valence-electron chi connectivity index (χ4n) is 1.70. The molecule has 5 heteroatoms. The molecule has 0 unspecified atom stereocenters. The maximum absolute atomic E-state index is 11.9. The van der Waals surface area contributed by atoms with Gasteiger partial charge in [0.15, 0.2) is 0 Å². The van der Waals surface area contributed by atoms with Gasteiger partial charge in [0.2, 0.25) is 5.91 Å². The first-order chi connectivity index (χ1) is 10.1. The van der Waals surface area contributed by atoms with E-state index in [9.17, 15) is 4.79 Å². The highest BCUT2D eigenvalue weighted by molar-refractivity contribution is 9.10. The van der Waals surface area contributed by atoms with Crippen molar-refractivity contribution in [3.63, 3.8) is 0 Å². The van der Waals surface area contributed by atoms with Crippen LogP contribution in [0.2, 0.25) is 0 Å². The van der Waals surface area contributed by atoms with Gasteiger partial charge < -0.3 is 15.8 Å². The highest BCUT2D eigenvalue weighted by atomic mass is 79.9. The van der Waals surface area contributed by atoms with Crippen LogP contribution >= 0.6 is 15.9 Å². The predicted molar refractivity (Wildman–Crippen MR) is 89.2 cm³/mol. The molecule has 0 aliphatic rings. The lowest BCUT2D eigenvalue weighted by atomic mass is 10.2. The molecule has 0 atom stereocenters. The number of carbonyl (C=O) groups is 1. The second-order valence-electron chi connectivity index (χ2n) is 4.34. The van der Waals surface area contributed by atoms with Crippen molar-refractivity contribution in [3.8, 4) is 5.75 Å². The van der Waals surface area contributed by atoms with Gasteiger partial charge in [-0.1, -0.05) is 12.1 Å². The highest BCUT2D eigenvalue weighted by Crippen LogP contribution is 2.27. The third-order valence-electron chi connectivity index (χ3n) is 2.78. The molecule has 3 N–H and O–H groups in total. The van der Waals surface area contributed by atoms with Crippen molar-refractivity contribution in [2.75, 3.05) is 18.2 Å². The maximum atomic E-state index is 11.9. The van der Waals surface area contributed by atoms with Crippen LogP contribution in [0.4, 0.5) is 11.4 Å². The van der Waals surface area contributed by atoms with Gasteiger partial charge in [-0.15, -0.1) is 0 Å². The van der Waals surface area contributed by atoms with Gasteiger partial charge in [-0.3, -0.25) is 4.79 Å². The Labute approximate surface area is 131 Å². The summed E-state index contributed by atoms with van der Waals surface area (Å²) in [5.41, 5.74) is 7.88. The number of methoxy groups -OCH3 is 1. The molecule has 0 fully saturated rings. The predicted octanol–water partition coefficient (Wildman–Crippen LogP) is 3.69. The number of nitrogens with one attached hydrogen (secondary N) is 1. The number of hydrogen-bond donors (Lipinski definition) is 2. The summed E-state index contributed by atoms with van der Waals surface area (Å²) in [7, 11) is 1.58. The van der Waals surface area contributed by atoms with Crippen LogP contribution in [0.3, 0.4) is 0 Å². The SMILES string of the molecule is COc1cc(NC(=O)/C=C/c2ccc(N)cc2)ccc1Br. The molecule has 0 bridgehead atoms. The number of halogens is 1. The van der Waals surface area contributed by atoms with Crippen molar-refractivity contribution in [2.24, 2.45) is 0 Å². The average Bonchev–Trinajstić information content (AvgIpc) is 2.48. The second-order valence-corrected chi connectivity index (χ2v) is 5.19. The molecular weight excluding hydrogens is 332 g/mol. The molecule has 0 spiro atoms. The van der Waals surface area contributed by atoms with Crippen molar-refractivity contribution < 1.29 is 9.53 Å². The number of nitrogens with two attached hydrogens (primary N) is 1. The van der Waals surface area contributed by atoms with Gasteiger partial charge >= 0.3 is 0 Å². The normalized spacial score (nSPS) is 10.6. The van der Waals surface area contributed by atoms with Gasteiger partial charge in [0.25, 0.3) is 0 Å². The molecule has 108 valence electrons. The van der Waals surface area contributed by atoms with Crippen LogP contribution < -0.4 is 15.8 Å². The number of carbonyl (C=O) groups excluding carboxylic acids is 1. The molecule has 2 aromatic carbocycles. The first kappa shape index (κ1) is 15.1. The quantitative estimate of drug-likeness (QED) is 0.655. The van der Waals surface area contributed by atoms with Crippen LogP contribution in [0.1, 0.15) is 5.56 Å². The summed E-state index contributed by atoms with van der Waals surface area (Å²) in [6.45, 7) is 0. The van der Waals surface area contributed by atoms with E-state index < -0.39 is 0 Å². The number of hydrogen-bond acceptors (Lipinski definition) is 3. The Morgan fingerprint density at radius 3 is 2.62 bits per heavy atom. The lowest BCUT2D eigenvalue weighted by Crippen LogP contribution is -2.07. The van der Waals surface area contributed by atoms with Gasteiger partial charge in [-0.25, -0.2) is 0 Å². The fourth-order valence-corrected chi connectivity index (χ4v) is 2.11. The van der Waals surface area contributed by atoms with Crippen molar-refractivity contribution >= 4 is 39.3 Å². The number of ether oxygens (including phenoxy) is 1. The van der Waals surface area contributed by atoms with Crippen LogP contribution in [0.15, 0.2) is 53.0 Å². The zero-order valence-corrected chi connectivity index (χ0v) is 13.1. The van der Waals surface area contributed by atoms with Crippen LogP contribution in [-0.2, 0) is 4.79 Å². The molecule has 21 heavy (non-hydrogen) atoms. The molecule has 0 aromatic heterocycles. The van der Waals surface area contributed by atoms with Crippen LogP contribution in [0.5, 0.6) is 5.75 Å². The van der Waals surface area contributed by atoms with Crippen molar-refractivity contribution in [1.29, 1.82) is 0 Å². The Kier molecular flexibility index (Phi) is 5.00. The fraction of sp³-hybridized carbons (Fsp3) is 0.0625. The molecule has 0 saturated carbocycles. The summed E-state index contributed by atoms with van der Waals surface area (Å²) in [6, 6.07) is 12.6. The Balaban J connectivity index is 2.03. The van der Waals surface area contributed by atoms with Crippen LogP contribution in [0.25, 0.3) is 6.08 Å². The van der Waals surface area contributed by atoms with Gasteiger partial charge in [-0.2, -0.15) is 0 Å². The molecule has 1 amide bonds. The molecule has 2 rings (SSSR count). The maximum Gasteiger partial charge on any atom is 0.248 e. The van der Waals surface area contributed by atoms with E-state index in [1.165, 1.54) is 6.08 Å². The molecular formula is C16H15BrN2O2.